The molecule has 0 bridgehead atoms. The molecule has 0 spiro atoms. The molecule has 23 heavy (non-hydrogen) atoms. The largest absolute Gasteiger partial charge is 0.399 e. The van der Waals surface area contributed by atoms with Crippen LogP contribution < -0.4 is 15.5 Å². The normalized spacial score (nSPS) is 17.9. The van der Waals surface area contributed by atoms with E-state index in [-0.39, 0.29) is 0 Å². The molecule has 1 aromatic carbocycles. The highest BCUT2D eigenvalue weighted by molar-refractivity contribution is 5.78. The standard InChI is InChI=1S/C18H23N5/c19-14-5-6-15(16(13-14)22-9-1-2-10-22)18-20-8-7-17(21-18)23-11-3-4-12-23/h5-8,13H,1-4,9-12,19H2. The van der Waals surface area contributed by atoms with Gasteiger partial charge in [-0.2, -0.15) is 0 Å². The second-order valence-corrected chi connectivity index (χ2v) is 6.40. The van der Waals surface area contributed by atoms with Gasteiger partial charge >= 0.3 is 0 Å². The van der Waals surface area contributed by atoms with E-state index >= 15 is 0 Å². The Morgan fingerprint density at radius 1 is 0.870 bits per heavy atom. The Labute approximate surface area is 137 Å². The molecule has 5 heteroatoms. The van der Waals surface area contributed by atoms with Gasteiger partial charge in [0.15, 0.2) is 5.82 Å². The van der Waals surface area contributed by atoms with E-state index in [0.29, 0.717) is 0 Å². The molecule has 2 N–H and O–H groups in total. The molecule has 2 saturated heterocycles. The van der Waals surface area contributed by atoms with Gasteiger partial charge in [0.1, 0.15) is 5.82 Å². The number of nitrogens with two attached hydrogens (primary N) is 1. The molecule has 2 aliphatic heterocycles. The maximum atomic E-state index is 6.03. The number of hydrogen-bond donors (Lipinski definition) is 1. The fraction of sp³-hybridized carbons (Fsp3) is 0.444. The van der Waals surface area contributed by atoms with Crippen molar-refractivity contribution in [3.63, 3.8) is 0 Å². The van der Waals surface area contributed by atoms with E-state index in [1.54, 1.807) is 0 Å². The van der Waals surface area contributed by atoms with Crippen LogP contribution in [0.15, 0.2) is 30.5 Å². The molecule has 0 saturated carbocycles. The van der Waals surface area contributed by atoms with Gasteiger partial charge in [0, 0.05) is 49.3 Å². The van der Waals surface area contributed by atoms with Crippen molar-refractivity contribution in [1.82, 2.24) is 9.97 Å². The molecular weight excluding hydrogens is 286 g/mol. The lowest BCUT2D eigenvalue weighted by atomic mass is 10.1. The van der Waals surface area contributed by atoms with Crippen LogP contribution in [-0.4, -0.2) is 36.1 Å². The molecule has 2 aliphatic rings. The number of aromatic nitrogens is 2. The fourth-order valence-corrected chi connectivity index (χ4v) is 3.56. The summed E-state index contributed by atoms with van der Waals surface area (Å²) >= 11 is 0. The summed E-state index contributed by atoms with van der Waals surface area (Å²) in [5.41, 5.74) is 9.08. The van der Waals surface area contributed by atoms with Crippen molar-refractivity contribution in [2.75, 3.05) is 41.7 Å². The highest BCUT2D eigenvalue weighted by Gasteiger charge is 2.20. The van der Waals surface area contributed by atoms with Crippen molar-refractivity contribution < 1.29 is 0 Å². The lowest BCUT2D eigenvalue weighted by Crippen LogP contribution is -2.20. The highest BCUT2D eigenvalue weighted by atomic mass is 15.2. The van der Waals surface area contributed by atoms with Gasteiger partial charge in [0.25, 0.3) is 0 Å². The Kier molecular flexibility index (Phi) is 3.77. The van der Waals surface area contributed by atoms with Crippen LogP contribution in [0.1, 0.15) is 25.7 Å². The molecule has 0 aliphatic carbocycles. The van der Waals surface area contributed by atoms with Gasteiger partial charge in [-0.25, -0.2) is 9.97 Å². The number of anilines is 3. The third-order valence-electron chi connectivity index (χ3n) is 4.78. The lowest BCUT2D eigenvalue weighted by Gasteiger charge is -2.22. The summed E-state index contributed by atoms with van der Waals surface area (Å²) in [5.74, 6) is 1.84. The SMILES string of the molecule is Nc1ccc(-c2nccc(N3CCCC3)n2)c(N2CCCC2)c1. The van der Waals surface area contributed by atoms with E-state index < -0.39 is 0 Å². The molecule has 2 fully saturated rings. The summed E-state index contributed by atoms with van der Waals surface area (Å²) in [6, 6.07) is 8.08. The van der Waals surface area contributed by atoms with Crippen LogP contribution in [0.25, 0.3) is 11.4 Å². The van der Waals surface area contributed by atoms with E-state index in [9.17, 15) is 0 Å². The summed E-state index contributed by atoms with van der Waals surface area (Å²) in [5, 5.41) is 0. The molecule has 0 radical (unpaired) electrons. The summed E-state index contributed by atoms with van der Waals surface area (Å²) in [4.78, 5) is 14.1. The van der Waals surface area contributed by atoms with Gasteiger partial charge in [0.05, 0.1) is 0 Å². The summed E-state index contributed by atoms with van der Waals surface area (Å²) in [6.45, 7) is 4.36. The molecule has 2 aromatic rings. The molecule has 1 aromatic heterocycles. The number of hydrogen-bond acceptors (Lipinski definition) is 5. The van der Waals surface area contributed by atoms with Crippen molar-refractivity contribution in [3.05, 3.63) is 30.5 Å². The molecule has 120 valence electrons. The zero-order valence-corrected chi connectivity index (χ0v) is 13.4. The third-order valence-corrected chi connectivity index (χ3v) is 4.78. The van der Waals surface area contributed by atoms with Crippen molar-refractivity contribution in [2.45, 2.75) is 25.7 Å². The number of nitrogens with zero attached hydrogens (tertiary/aromatic N) is 4. The maximum absolute atomic E-state index is 6.03. The van der Waals surface area contributed by atoms with Gasteiger partial charge in [-0.3, -0.25) is 0 Å². The summed E-state index contributed by atoms with van der Waals surface area (Å²) in [7, 11) is 0. The van der Waals surface area contributed by atoms with E-state index in [4.69, 9.17) is 10.7 Å². The molecule has 0 atom stereocenters. The maximum Gasteiger partial charge on any atom is 0.163 e. The van der Waals surface area contributed by atoms with Crippen LogP contribution in [0, 0.1) is 0 Å². The van der Waals surface area contributed by atoms with Gasteiger partial charge in [-0.1, -0.05) is 0 Å². The number of nitrogen functional groups attached to an aromatic ring is 1. The minimum Gasteiger partial charge on any atom is -0.399 e. The first-order valence-electron chi connectivity index (χ1n) is 8.54. The zero-order valence-electron chi connectivity index (χ0n) is 13.4. The van der Waals surface area contributed by atoms with Crippen LogP contribution >= 0.6 is 0 Å². The Morgan fingerprint density at radius 3 is 2.30 bits per heavy atom. The molecule has 5 nitrogen and oxygen atoms in total. The van der Waals surface area contributed by atoms with Crippen LogP contribution in [0.5, 0.6) is 0 Å². The minimum atomic E-state index is 0.798. The first kappa shape index (κ1) is 14.3. The lowest BCUT2D eigenvalue weighted by molar-refractivity contribution is 0.927. The average Bonchev–Trinajstić information content (AvgIpc) is 3.28. The summed E-state index contributed by atoms with van der Waals surface area (Å²) in [6.07, 6.45) is 6.85. The van der Waals surface area contributed by atoms with E-state index in [0.717, 1.165) is 49.1 Å². The predicted octanol–water partition coefficient (Wildman–Crippen LogP) is 2.93. The smallest absolute Gasteiger partial charge is 0.163 e. The second kappa shape index (κ2) is 6.07. The first-order chi connectivity index (χ1) is 11.3. The number of benzene rings is 1. The van der Waals surface area contributed by atoms with Gasteiger partial charge in [-0.05, 0) is 49.9 Å². The first-order valence-corrected chi connectivity index (χ1v) is 8.54. The summed E-state index contributed by atoms with van der Waals surface area (Å²) < 4.78 is 0. The van der Waals surface area contributed by atoms with Gasteiger partial charge in [-0.15, -0.1) is 0 Å². The van der Waals surface area contributed by atoms with Crippen molar-refractivity contribution in [1.29, 1.82) is 0 Å². The topological polar surface area (TPSA) is 58.3 Å². The molecular formula is C18H23N5. The predicted molar refractivity (Wildman–Crippen MR) is 94.8 cm³/mol. The Bertz CT molecular complexity index is 688. The highest BCUT2D eigenvalue weighted by Crippen LogP contribution is 2.33. The number of rotatable bonds is 3. The van der Waals surface area contributed by atoms with Crippen LogP contribution in [-0.2, 0) is 0 Å². The Balaban J connectivity index is 1.73. The second-order valence-electron chi connectivity index (χ2n) is 6.40. The monoisotopic (exact) mass is 309 g/mol. The Hall–Kier alpha value is -2.30. The Morgan fingerprint density at radius 2 is 1.57 bits per heavy atom. The van der Waals surface area contributed by atoms with E-state index in [2.05, 4.69) is 26.9 Å². The fourth-order valence-electron chi connectivity index (χ4n) is 3.56. The van der Waals surface area contributed by atoms with Crippen LogP contribution in [0.3, 0.4) is 0 Å². The van der Waals surface area contributed by atoms with E-state index in [1.165, 1.54) is 31.4 Å². The molecule has 4 rings (SSSR count). The zero-order chi connectivity index (χ0) is 15.6. The molecule has 0 unspecified atom stereocenters. The van der Waals surface area contributed by atoms with Gasteiger partial charge < -0.3 is 15.5 Å². The van der Waals surface area contributed by atoms with Crippen molar-refractivity contribution >= 4 is 17.2 Å². The molecule has 3 heterocycles. The van der Waals surface area contributed by atoms with Crippen molar-refractivity contribution in [2.24, 2.45) is 0 Å². The minimum absolute atomic E-state index is 0.798. The van der Waals surface area contributed by atoms with E-state index in [1.807, 2.05) is 18.3 Å². The molecule has 0 amide bonds. The van der Waals surface area contributed by atoms with Crippen LogP contribution in [0.4, 0.5) is 17.2 Å². The van der Waals surface area contributed by atoms with Crippen molar-refractivity contribution in [3.8, 4) is 11.4 Å². The van der Waals surface area contributed by atoms with Crippen LogP contribution in [0.2, 0.25) is 0 Å². The average molecular weight is 309 g/mol. The third kappa shape index (κ3) is 2.83. The van der Waals surface area contributed by atoms with Gasteiger partial charge in [0.2, 0.25) is 0 Å². The quantitative estimate of drug-likeness (QED) is 0.883.